The number of unbranched alkanes of at least 4 members (excludes halogenated alkanes) is 39. The molecular weight excluding hydrogens is 1980 g/mol. The van der Waals surface area contributed by atoms with Crippen LogP contribution in [0.3, 0.4) is 0 Å². The van der Waals surface area contributed by atoms with E-state index in [1.54, 1.807) is 74.2 Å². The van der Waals surface area contributed by atoms with Gasteiger partial charge >= 0.3 is 41.3 Å². The van der Waals surface area contributed by atoms with E-state index in [4.69, 9.17) is 121 Å². The molecule has 0 aliphatic heterocycles. The number of anilines is 3. The zero-order valence-corrected chi connectivity index (χ0v) is 94.4. The van der Waals surface area contributed by atoms with Crippen LogP contribution in [-0.2, 0) is 165 Å². The first-order valence-corrected chi connectivity index (χ1v) is 64.3. The fraction of sp³-hybridized carbons (Fsp3) is 0.812. The van der Waals surface area contributed by atoms with Crippen molar-refractivity contribution in [1.82, 2.24) is 58.6 Å². The molecule has 0 saturated heterocycles. The van der Waals surface area contributed by atoms with Crippen LogP contribution in [0.5, 0.6) is 0 Å². The Balaban J connectivity index is 0.000000441. The van der Waals surface area contributed by atoms with Crippen molar-refractivity contribution in [2.45, 2.75) is 409 Å². The van der Waals surface area contributed by atoms with Crippen molar-refractivity contribution < 1.29 is 97.9 Å². The van der Waals surface area contributed by atoms with Crippen LogP contribution in [-0.4, -0.2) is 207 Å². The quantitative estimate of drug-likeness (QED) is 0.0105. The lowest BCUT2D eigenvalue weighted by Gasteiger charge is -2.21. The van der Waals surface area contributed by atoms with E-state index in [1.165, 1.54) is 269 Å². The second-order valence-electron chi connectivity index (χ2n) is 36.4. The van der Waals surface area contributed by atoms with Gasteiger partial charge in [-0.2, -0.15) is 0 Å². The lowest BCUT2D eigenvalue weighted by molar-refractivity contribution is -0.0189. The van der Waals surface area contributed by atoms with Gasteiger partial charge in [-0.1, -0.05) is 305 Å². The van der Waals surface area contributed by atoms with E-state index in [2.05, 4.69) is 65.6 Å². The van der Waals surface area contributed by atoms with E-state index < -0.39 is 79.9 Å². The van der Waals surface area contributed by atoms with Crippen LogP contribution >= 0.6 is 22.8 Å². The molecule has 0 aliphatic rings. The molecule has 0 bridgehead atoms. The molecule has 0 aromatic carbocycles. The summed E-state index contributed by atoms with van der Waals surface area (Å²) in [7, 11) is -12.2. The summed E-state index contributed by atoms with van der Waals surface area (Å²) in [4.78, 5) is 72.6. The number of rotatable bonds is 84. The lowest BCUT2D eigenvalue weighted by Crippen LogP contribution is -2.20. The molecule has 0 aliphatic carbocycles. The van der Waals surface area contributed by atoms with Gasteiger partial charge in [0.1, 0.15) is 54.6 Å². The van der Waals surface area contributed by atoms with Crippen molar-refractivity contribution in [3.63, 3.8) is 0 Å². The number of nitrogens with two attached hydrogens (primary N) is 3. The molecule has 0 radical (unpaired) electrons. The van der Waals surface area contributed by atoms with Gasteiger partial charge in [-0.25, -0.2) is 59.2 Å². The largest absolute Gasteiger partial charge is 0.510 e. The summed E-state index contributed by atoms with van der Waals surface area (Å²) in [5.74, 6) is 5.41. The van der Waals surface area contributed by atoms with Crippen LogP contribution in [0.4, 0.5) is 31.8 Å². The van der Waals surface area contributed by atoms with Crippen LogP contribution in [0.25, 0.3) is 33.5 Å². The summed E-state index contributed by atoms with van der Waals surface area (Å²) in [6.07, 6.45) is 58.2. The maximum Gasteiger partial charge on any atom is 0.510 e. The van der Waals surface area contributed by atoms with Crippen molar-refractivity contribution in [3.8, 4) is 0 Å². The fourth-order valence-corrected chi connectivity index (χ4v) is 23.5. The minimum Gasteiger partial charge on any atom is -0.432 e. The third kappa shape index (κ3) is 62.1. The standard InChI is InChI=1S/3C32H58N5O7PS2/c3*1-5-6-7-8-9-10-11-12-13-14-15-16-17-18-20-47(46)21-19-42-45(39,43-25-40-32(38)44-27(2)3)26-41-28(4)22-37-24-36-29-30(33)34-23-35-31(29)37/h3*23-24,27-28H,5-22,25-26H2,1-4H3,(H2,33,34,35)/t28-,45?,47?;28-,45+,47?;28-,45-,47?/m111/s1. The Morgan fingerprint density at radius 1 is 0.305 bits per heavy atom. The summed E-state index contributed by atoms with van der Waals surface area (Å²) >= 11 is 17.0. The van der Waals surface area contributed by atoms with Crippen LogP contribution in [0.2, 0.25) is 0 Å². The Hall–Kier alpha value is -5.10. The predicted octanol–water partition coefficient (Wildman–Crippen LogP) is 24.2. The topological polar surface area (TPSA) is 450 Å². The smallest absolute Gasteiger partial charge is 0.432 e. The van der Waals surface area contributed by atoms with E-state index >= 15 is 0 Å². The number of imidazole rings is 3. The van der Waals surface area contributed by atoms with Gasteiger partial charge in [0.2, 0.25) is 20.4 Å². The number of ether oxygens (including phenoxy) is 9. The van der Waals surface area contributed by atoms with E-state index in [1.807, 2.05) is 20.8 Å². The maximum absolute atomic E-state index is 13.6. The fourth-order valence-electron chi connectivity index (χ4n) is 14.7. The maximum atomic E-state index is 13.6. The predicted molar refractivity (Wildman–Crippen MR) is 576 cm³/mol. The first-order chi connectivity index (χ1) is 67.9. The van der Waals surface area contributed by atoms with Crippen molar-refractivity contribution >= 4 is 154 Å². The summed E-state index contributed by atoms with van der Waals surface area (Å²) in [5, 5.41) is 0. The van der Waals surface area contributed by atoms with Gasteiger partial charge in [-0.05, 0) is 98.8 Å². The Morgan fingerprint density at radius 2 is 0.511 bits per heavy atom. The number of carbonyl (C=O) groups excluding carboxylic acids is 3. The average Bonchev–Trinajstić information content (AvgIpc) is 1.68. The molecule has 6 aromatic rings. The third-order valence-corrected chi connectivity index (χ3v) is 34.2. The summed E-state index contributed by atoms with van der Waals surface area (Å²) in [5.41, 5.74) is 20.8. The molecule has 141 heavy (non-hydrogen) atoms. The van der Waals surface area contributed by atoms with E-state index in [0.717, 1.165) is 36.5 Å². The van der Waals surface area contributed by atoms with Crippen molar-refractivity contribution in [2.24, 2.45) is 0 Å². The zero-order valence-electron chi connectivity index (χ0n) is 86.8. The zero-order chi connectivity index (χ0) is 103. The molecule has 6 aromatic heterocycles. The summed E-state index contributed by atoms with van der Waals surface area (Å²) < 4.78 is 127. The van der Waals surface area contributed by atoms with Crippen molar-refractivity contribution in [2.75, 3.05) is 111 Å². The number of carbonyl (C=O) groups is 3. The second-order valence-corrected chi connectivity index (χ2v) is 51.7. The van der Waals surface area contributed by atoms with Gasteiger partial charge in [-0.15, -0.1) is 28.4 Å². The van der Waals surface area contributed by atoms with Crippen LogP contribution in [0.1, 0.15) is 353 Å². The molecule has 0 amide bonds. The van der Waals surface area contributed by atoms with Crippen LogP contribution in [0.15, 0.2) is 38.0 Å². The Kier molecular flexibility index (Phi) is 71.9. The van der Waals surface area contributed by atoms with Gasteiger partial charge in [0.05, 0.1) is 95.1 Å². The van der Waals surface area contributed by atoms with Crippen LogP contribution < -0.4 is 17.2 Å². The minimum absolute atomic E-state index is 0.152. The minimum atomic E-state index is -3.79. The molecule has 45 heteroatoms. The van der Waals surface area contributed by atoms with E-state index in [0.29, 0.717) is 70.4 Å². The molecule has 0 fully saturated rings. The first kappa shape index (κ1) is 128. The number of hydrogen-bond donors (Lipinski definition) is 3. The van der Waals surface area contributed by atoms with E-state index in [9.17, 15) is 28.1 Å². The Labute approximate surface area is 862 Å². The SMILES string of the molecule is CCCCCCCCCCCCCCCCS(=S)CCOP(=O)(CO[C@H](C)Cn1cnc2c(N)ncnc21)OCOC(=O)OC(C)C.CCCCCCCCCCCCCCCCS(=S)CCO[P@@](=O)(CO[C@H](C)Cn1cnc2c(N)ncnc21)OCOC(=O)OC(C)C.CCCCCCCCCCCCCCCCS(=S)CCO[P@](=O)(CO[C@H](C)Cn1cnc2c(N)ncnc21)OCOC(=O)OC(C)C. The number of fused-ring (bicyclic) bond motifs is 3. The van der Waals surface area contributed by atoms with Gasteiger partial charge in [-0.3, -0.25) is 27.3 Å². The number of aromatic nitrogens is 12. The summed E-state index contributed by atoms with van der Waals surface area (Å²) in [6.45, 7) is 22.1. The van der Waals surface area contributed by atoms with Gasteiger partial charge in [0.25, 0.3) is 0 Å². The Morgan fingerprint density at radius 3 is 0.716 bits per heavy atom. The lowest BCUT2D eigenvalue weighted by atomic mass is 10.0. The molecule has 6 heterocycles. The molecule has 9 atom stereocenters. The third-order valence-electron chi connectivity index (χ3n) is 22.4. The normalized spacial score (nSPS) is 14.3. The molecular formula is C96H174N15O21P3S6. The number of nitrogens with zero attached hydrogens (tertiary/aromatic N) is 12. The van der Waals surface area contributed by atoms with Crippen LogP contribution in [0, 0.1) is 0 Å². The molecule has 6 rings (SSSR count). The first-order valence-electron chi connectivity index (χ1n) is 51.7. The monoisotopic (exact) mass is 2160 g/mol. The number of nitrogen functional groups attached to an aromatic ring is 3. The Bertz CT molecular complexity index is 4100. The molecule has 36 nitrogen and oxygen atoms in total. The number of hydrogen-bond acceptors (Lipinski definition) is 36. The van der Waals surface area contributed by atoms with E-state index in [-0.39, 0.29) is 103 Å². The average molecular weight is 2160 g/mol. The van der Waals surface area contributed by atoms with Gasteiger partial charge in [0, 0.05) is 17.3 Å². The van der Waals surface area contributed by atoms with Crippen molar-refractivity contribution in [3.05, 3.63) is 38.0 Å². The van der Waals surface area contributed by atoms with Crippen molar-refractivity contribution in [1.29, 1.82) is 0 Å². The van der Waals surface area contributed by atoms with Gasteiger partial charge in [0.15, 0.2) is 34.4 Å². The highest BCUT2D eigenvalue weighted by molar-refractivity contribution is 8.29. The molecule has 6 N–H and O–H groups in total. The van der Waals surface area contributed by atoms with Gasteiger partial charge < -0.3 is 87.1 Å². The second kappa shape index (κ2) is 79.1. The molecule has 810 valence electrons. The molecule has 0 spiro atoms. The highest BCUT2D eigenvalue weighted by Crippen LogP contribution is 2.51. The summed E-state index contributed by atoms with van der Waals surface area (Å²) in [6, 6.07) is 0. The highest BCUT2D eigenvalue weighted by Gasteiger charge is 2.32. The molecule has 4 unspecified atom stereocenters. The highest BCUT2D eigenvalue weighted by atomic mass is 32.8. The molecule has 0 saturated carbocycles.